The zero-order valence-corrected chi connectivity index (χ0v) is 17.1. The molecular formula is C24H16ClNO5. The first-order valence-electron chi connectivity index (χ1n) is 9.55. The van der Waals surface area contributed by atoms with Gasteiger partial charge >= 0.3 is 0 Å². The Kier molecular flexibility index (Phi) is 4.45. The minimum absolute atomic E-state index is 0.00481. The number of fused-ring (bicyclic) bond motifs is 1. The minimum Gasteiger partial charge on any atom is -0.503 e. The number of carbonyl (C=O) groups excluding carboxylic acids is 2. The first-order valence-corrected chi connectivity index (χ1v) is 9.93. The Morgan fingerprint density at radius 2 is 1.90 bits per heavy atom. The van der Waals surface area contributed by atoms with Crippen LogP contribution in [0.25, 0.3) is 11.0 Å². The van der Waals surface area contributed by atoms with Gasteiger partial charge in [0, 0.05) is 16.1 Å². The van der Waals surface area contributed by atoms with Crippen molar-refractivity contribution in [3.63, 3.8) is 0 Å². The Balaban J connectivity index is 1.66. The van der Waals surface area contributed by atoms with Crippen LogP contribution in [0.2, 0.25) is 5.02 Å². The smallest absolute Gasteiger partial charge is 0.294 e. The second-order valence-electron chi connectivity index (χ2n) is 7.26. The van der Waals surface area contributed by atoms with Gasteiger partial charge in [-0.2, -0.15) is 0 Å². The van der Waals surface area contributed by atoms with Crippen molar-refractivity contribution in [3.05, 3.63) is 100 Å². The maximum atomic E-state index is 13.5. The number of nitrogens with zero attached hydrogens (tertiary/aromatic N) is 1. The van der Waals surface area contributed by atoms with Gasteiger partial charge in [-0.1, -0.05) is 29.8 Å². The molecule has 0 saturated heterocycles. The molecule has 1 N–H and O–H groups in total. The maximum Gasteiger partial charge on any atom is 0.294 e. The average Bonchev–Trinajstić information content (AvgIpc) is 3.47. The monoisotopic (exact) mass is 433 g/mol. The van der Waals surface area contributed by atoms with E-state index in [1.54, 1.807) is 48.5 Å². The molecule has 1 aliphatic heterocycles. The van der Waals surface area contributed by atoms with Crippen molar-refractivity contribution in [2.75, 3.05) is 4.90 Å². The SMILES string of the molecule is Cc1ccccc1N1C(=O)C(O)=C(C(=O)c2cc3cc(Cl)ccc3o2)C1c1ccco1. The molecule has 1 aliphatic rings. The van der Waals surface area contributed by atoms with Crippen LogP contribution in [0.3, 0.4) is 0 Å². The zero-order chi connectivity index (χ0) is 21.7. The van der Waals surface area contributed by atoms with Crippen LogP contribution >= 0.6 is 11.6 Å². The largest absolute Gasteiger partial charge is 0.503 e. The molecule has 4 aromatic rings. The highest BCUT2D eigenvalue weighted by Gasteiger charge is 2.47. The summed E-state index contributed by atoms with van der Waals surface area (Å²) in [7, 11) is 0. The number of aliphatic hydroxyl groups is 1. The van der Waals surface area contributed by atoms with Gasteiger partial charge in [0.25, 0.3) is 5.91 Å². The number of aliphatic hydroxyl groups excluding tert-OH is 1. The molecule has 7 heteroatoms. The minimum atomic E-state index is -0.937. The highest BCUT2D eigenvalue weighted by molar-refractivity contribution is 6.31. The third-order valence-corrected chi connectivity index (χ3v) is 5.58. The molecule has 0 bridgehead atoms. The van der Waals surface area contributed by atoms with E-state index in [-0.39, 0.29) is 11.3 Å². The fraction of sp³-hybridized carbons (Fsp3) is 0.0833. The van der Waals surface area contributed by atoms with Gasteiger partial charge in [0.2, 0.25) is 5.78 Å². The van der Waals surface area contributed by atoms with E-state index in [0.717, 1.165) is 5.56 Å². The fourth-order valence-electron chi connectivity index (χ4n) is 3.89. The molecule has 6 nitrogen and oxygen atoms in total. The number of hydrogen-bond acceptors (Lipinski definition) is 5. The van der Waals surface area contributed by atoms with E-state index in [0.29, 0.717) is 27.4 Å². The van der Waals surface area contributed by atoms with E-state index in [1.807, 2.05) is 19.1 Å². The van der Waals surface area contributed by atoms with Crippen LogP contribution in [-0.4, -0.2) is 16.8 Å². The van der Waals surface area contributed by atoms with Gasteiger partial charge in [0.1, 0.15) is 17.4 Å². The predicted molar refractivity (Wildman–Crippen MR) is 115 cm³/mol. The van der Waals surface area contributed by atoms with Gasteiger partial charge in [-0.15, -0.1) is 0 Å². The number of hydrogen-bond donors (Lipinski definition) is 1. The van der Waals surface area contributed by atoms with E-state index < -0.39 is 23.5 Å². The third-order valence-electron chi connectivity index (χ3n) is 5.34. The second-order valence-corrected chi connectivity index (χ2v) is 7.70. The van der Waals surface area contributed by atoms with E-state index in [1.165, 1.54) is 11.2 Å². The van der Waals surface area contributed by atoms with E-state index >= 15 is 0 Å². The number of para-hydroxylation sites is 1. The number of carbonyl (C=O) groups is 2. The summed E-state index contributed by atoms with van der Waals surface area (Å²) in [6.07, 6.45) is 1.45. The lowest BCUT2D eigenvalue weighted by Gasteiger charge is -2.26. The molecule has 2 aromatic heterocycles. The third kappa shape index (κ3) is 3.04. The number of Topliss-reactive ketones (excluding diaryl/α,β-unsaturated/α-hetero) is 1. The molecule has 1 amide bonds. The van der Waals surface area contributed by atoms with Crippen molar-refractivity contribution < 1.29 is 23.5 Å². The Labute approximate surface area is 181 Å². The molecule has 0 aliphatic carbocycles. The number of ketones is 1. The number of amides is 1. The number of anilines is 1. The first kappa shape index (κ1) is 19.2. The lowest BCUT2D eigenvalue weighted by atomic mass is 9.99. The van der Waals surface area contributed by atoms with E-state index in [9.17, 15) is 14.7 Å². The molecule has 31 heavy (non-hydrogen) atoms. The van der Waals surface area contributed by atoms with Gasteiger partial charge in [-0.3, -0.25) is 14.5 Å². The number of furan rings is 2. The van der Waals surface area contributed by atoms with Crippen LogP contribution in [0, 0.1) is 6.92 Å². The second kappa shape index (κ2) is 7.18. The van der Waals surface area contributed by atoms with Gasteiger partial charge in [0.05, 0.1) is 11.8 Å². The lowest BCUT2D eigenvalue weighted by molar-refractivity contribution is -0.117. The molecule has 1 atom stereocenters. The van der Waals surface area contributed by atoms with Crippen molar-refractivity contribution >= 4 is 39.9 Å². The molecular weight excluding hydrogens is 418 g/mol. The van der Waals surface area contributed by atoms with Gasteiger partial charge in [-0.25, -0.2) is 0 Å². The van der Waals surface area contributed by atoms with Gasteiger partial charge in [0.15, 0.2) is 11.5 Å². The number of aryl methyl sites for hydroxylation is 1. The summed E-state index contributed by atoms with van der Waals surface area (Å²) in [5, 5.41) is 11.9. The van der Waals surface area contributed by atoms with Crippen molar-refractivity contribution in [3.8, 4) is 0 Å². The molecule has 0 fully saturated rings. The highest BCUT2D eigenvalue weighted by Crippen LogP contribution is 2.43. The molecule has 154 valence electrons. The van der Waals surface area contributed by atoms with Crippen molar-refractivity contribution in [1.29, 1.82) is 0 Å². The summed E-state index contributed by atoms with van der Waals surface area (Å²) >= 11 is 6.03. The lowest BCUT2D eigenvalue weighted by Crippen LogP contribution is -2.31. The van der Waals surface area contributed by atoms with Crippen LogP contribution < -0.4 is 4.90 Å². The molecule has 1 unspecified atom stereocenters. The van der Waals surface area contributed by atoms with Crippen LogP contribution in [0.5, 0.6) is 0 Å². The normalized spacial score (nSPS) is 16.5. The summed E-state index contributed by atoms with van der Waals surface area (Å²) < 4.78 is 11.3. The number of benzene rings is 2. The summed E-state index contributed by atoms with van der Waals surface area (Å²) in [6.45, 7) is 1.85. The molecule has 0 saturated carbocycles. The topological polar surface area (TPSA) is 83.9 Å². The molecule has 3 heterocycles. The summed E-state index contributed by atoms with van der Waals surface area (Å²) in [5.74, 6) is -1.57. The zero-order valence-electron chi connectivity index (χ0n) is 16.3. The molecule has 5 rings (SSSR count). The van der Waals surface area contributed by atoms with Crippen molar-refractivity contribution in [2.45, 2.75) is 13.0 Å². The summed E-state index contributed by atoms with van der Waals surface area (Å²) in [5.41, 5.74) is 1.75. The van der Waals surface area contributed by atoms with E-state index in [4.69, 9.17) is 20.4 Å². The van der Waals surface area contributed by atoms with Crippen LogP contribution in [-0.2, 0) is 4.79 Å². The Hall–Kier alpha value is -3.77. The highest BCUT2D eigenvalue weighted by atomic mass is 35.5. The van der Waals surface area contributed by atoms with Crippen molar-refractivity contribution in [1.82, 2.24) is 0 Å². The van der Waals surface area contributed by atoms with Crippen LogP contribution in [0.15, 0.2) is 87.1 Å². The Morgan fingerprint density at radius 1 is 1.10 bits per heavy atom. The Morgan fingerprint density at radius 3 is 2.65 bits per heavy atom. The van der Waals surface area contributed by atoms with Gasteiger partial charge in [-0.05, 0) is 55.0 Å². The summed E-state index contributed by atoms with van der Waals surface area (Å²) in [4.78, 5) is 27.9. The molecule has 0 radical (unpaired) electrons. The number of rotatable bonds is 4. The average molecular weight is 434 g/mol. The quantitative estimate of drug-likeness (QED) is 0.413. The Bertz CT molecular complexity index is 1370. The van der Waals surface area contributed by atoms with Crippen LogP contribution in [0.1, 0.15) is 27.9 Å². The van der Waals surface area contributed by atoms with Crippen molar-refractivity contribution in [2.24, 2.45) is 0 Å². The molecule has 2 aromatic carbocycles. The summed E-state index contributed by atoms with van der Waals surface area (Å²) in [6, 6.07) is 16.2. The molecule has 0 spiro atoms. The maximum absolute atomic E-state index is 13.5. The predicted octanol–water partition coefficient (Wildman–Crippen LogP) is 5.77. The first-order chi connectivity index (χ1) is 15.0. The fourth-order valence-corrected chi connectivity index (χ4v) is 4.07. The standard InChI is InChI=1S/C24H16ClNO5/c1-13-5-2-3-6-16(13)26-21(18-7-4-10-30-18)20(23(28)24(26)29)22(27)19-12-14-11-15(25)8-9-17(14)31-19/h2-12,21,28H,1H3. The van der Waals surface area contributed by atoms with Crippen LogP contribution in [0.4, 0.5) is 5.69 Å². The van der Waals surface area contributed by atoms with E-state index in [2.05, 4.69) is 0 Å². The van der Waals surface area contributed by atoms with Gasteiger partial charge < -0.3 is 13.9 Å². The number of halogens is 1.